The molecule has 0 saturated carbocycles. The Morgan fingerprint density at radius 1 is 1.11 bits per heavy atom. The van der Waals surface area contributed by atoms with Gasteiger partial charge in [-0.25, -0.2) is 22.8 Å². The number of rotatable bonds is 8. The predicted octanol–water partition coefficient (Wildman–Crippen LogP) is 2.12. The third kappa shape index (κ3) is 5.73. The Hall–Kier alpha value is -4.10. The molecule has 0 bridgehead atoms. The van der Waals surface area contributed by atoms with Crippen molar-refractivity contribution in [3.63, 3.8) is 0 Å². The second kappa shape index (κ2) is 11.1. The zero-order chi connectivity index (χ0) is 31.4. The van der Waals surface area contributed by atoms with E-state index in [0.29, 0.717) is 57.4 Å². The van der Waals surface area contributed by atoms with E-state index in [2.05, 4.69) is 11.5 Å². The summed E-state index contributed by atoms with van der Waals surface area (Å²) < 4.78 is 44.5. The topological polar surface area (TPSA) is 149 Å². The lowest BCUT2D eigenvalue weighted by molar-refractivity contribution is -0.197. The molecule has 4 aliphatic rings. The normalized spacial score (nSPS) is 18.5. The summed E-state index contributed by atoms with van der Waals surface area (Å²) in [5, 5.41) is 2.35. The number of imide groups is 1. The number of ether oxygens (including phenoxy) is 1. The molecule has 0 spiro atoms. The van der Waals surface area contributed by atoms with Gasteiger partial charge in [0.05, 0.1) is 27.5 Å². The molecule has 0 aliphatic carbocycles. The number of aryl methyl sites for hydroxylation is 1. The van der Waals surface area contributed by atoms with Crippen molar-refractivity contribution in [3.8, 4) is 11.5 Å². The standard InChI is InChI=1S/C31H34N4O8S/c1-4-33-11-5-7-19-13-22-26(15-24(19)33)42-27-16-25-21(14-23(27)32-22)20(18-44(39,40)41)17-31(2,3)34(25)12-6-8-30(38)43-35-28(36)9-10-29(35)37/h13-17H,4-12,18H2,1-3H3. The molecule has 0 unspecified atom stereocenters. The summed E-state index contributed by atoms with van der Waals surface area (Å²) in [6, 6.07) is 7.63. The van der Waals surface area contributed by atoms with Gasteiger partial charge in [-0.1, -0.05) is 6.08 Å². The van der Waals surface area contributed by atoms with Crippen LogP contribution in [0.4, 0.5) is 11.4 Å². The highest BCUT2D eigenvalue weighted by atomic mass is 32.2. The van der Waals surface area contributed by atoms with E-state index in [1.807, 2.05) is 30.9 Å². The molecule has 232 valence electrons. The van der Waals surface area contributed by atoms with Crippen molar-refractivity contribution in [1.82, 2.24) is 9.64 Å². The first-order valence-electron chi connectivity index (χ1n) is 14.8. The molecule has 0 N–H and O–H groups in total. The van der Waals surface area contributed by atoms with Crippen LogP contribution in [0.1, 0.15) is 64.0 Å². The van der Waals surface area contributed by atoms with Gasteiger partial charge in [-0.3, -0.25) is 9.59 Å². The fraction of sp³-hybridized carbons (Fsp3) is 0.452. The summed E-state index contributed by atoms with van der Waals surface area (Å²) in [5.74, 6) is -1.35. The Bertz CT molecular complexity index is 1850. The van der Waals surface area contributed by atoms with E-state index < -0.39 is 39.2 Å². The highest BCUT2D eigenvalue weighted by Crippen LogP contribution is 2.46. The van der Waals surface area contributed by atoms with Crippen molar-refractivity contribution >= 4 is 44.8 Å². The average Bonchev–Trinajstić information content (AvgIpc) is 3.26. The van der Waals surface area contributed by atoms with Gasteiger partial charge in [0.1, 0.15) is 24.1 Å². The quantitative estimate of drug-likeness (QED) is 0.209. The minimum atomic E-state index is -4.60. The third-order valence-corrected chi connectivity index (χ3v) is 9.11. The van der Waals surface area contributed by atoms with Crippen LogP contribution < -0.4 is 24.9 Å². The Balaban J connectivity index is 1.34. The number of hydrogen-bond donors (Lipinski definition) is 0. The number of hydroxylamine groups is 2. The fourth-order valence-corrected chi connectivity index (χ4v) is 7.05. The number of fused-ring (bicyclic) bond motifs is 4. The molecule has 0 aromatic heterocycles. The van der Waals surface area contributed by atoms with Crippen LogP contribution in [0.3, 0.4) is 0 Å². The molecular formula is C31H34N4O8S. The van der Waals surface area contributed by atoms with Gasteiger partial charge in [0.2, 0.25) is 5.36 Å². The molecule has 12 nitrogen and oxygen atoms in total. The van der Waals surface area contributed by atoms with E-state index >= 15 is 0 Å². The van der Waals surface area contributed by atoms with Crippen LogP contribution in [0, 0.1) is 0 Å². The molecule has 2 aromatic carbocycles. The van der Waals surface area contributed by atoms with E-state index in [1.165, 1.54) is 5.56 Å². The van der Waals surface area contributed by atoms with Gasteiger partial charge in [0, 0.05) is 55.1 Å². The summed E-state index contributed by atoms with van der Waals surface area (Å²) >= 11 is 0. The molecule has 44 heavy (non-hydrogen) atoms. The van der Waals surface area contributed by atoms with Crippen LogP contribution in [0.25, 0.3) is 5.57 Å². The highest BCUT2D eigenvalue weighted by Gasteiger charge is 2.36. The van der Waals surface area contributed by atoms with Crippen LogP contribution in [-0.2, 0) is 35.8 Å². The monoisotopic (exact) mass is 622 g/mol. The minimum Gasteiger partial charge on any atom is -0.748 e. The second-order valence-electron chi connectivity index (χ2n) is 12.0. The van der Waals surface area contributed by atoms with Crippen LogP contribution in [0.15, 0.2) is 35.3 Å². The Morgan fingerprint density at radius 3 is 2.57 bits per heavy atom. The molecule has 0 radical (unpaired) electrons. The van der Waals surface area contributed by atoms with E-state index in [1.54, 1.807) is 18.2 Å². The minimum absolute atomic E-state index is 0.0150. The average molecular weight is 623 g/mol. The maximum atomic E-state index is 12.5. The van der Waals surface area contributed by atoms with Gasteiger partial charge < -0.3 is 19.0 Å². The highest BCUT2D eigenvalue weighted by molar-refractivity contribution is 7.86. The van der Waals surface area contributed by atoms with Crippen molar-refractivity contribution < 1.29 is 36.9 Å². The van der Waals surface area contributed by atoms with Crippen molar-refractivity contribution in [2.75, 3.05) is 30.3 Å². The van der Waals surface area contributed by atoms with Gasteiger partial charge in [0.15, 0.2) is 11.5 Å². The number of hydrogen-bond acceptors (Lipinski definition) is 10. The molecule has 2 aromatic rings. The SMILES string of the molecule is CC[N+]1=c2cc3c(cc2CCC1)=Nc1cc2c(cc1O3)N(CCCC(=O)ON1C(=O)CCC1=O)C(C)(C)C=C2CS(=O)(=O)[O-]. The predicted molar refractivity (Wildman–Crippen MR) is 159 cm³/mol. The van der Waals surface area contributed by atoms with Crippen molar-refractivity contribution in [2.24, 2.45) is 4.99 Å². The second-order valence-corrected chi connectivity index (χ2v) is 13.4. The van der Waals surface area contributed by atoms with Crippen LogP contribution in [0.2, 0.25) is 0 Å². The number of benzene rings is 2. The molecule has 1 saturated heterocycles. The smallest absolute Gasteiger partial charge is 0.333 e. The Kier molecular flexibility index (Phi) is 7.57. The fourth-order valence-electron chi connectivity index (χ4n) is 6.43. The van der Waals surface area contributed by atoms with E-state index in [9.17, 15) is 27.4 Å². The molecule has 6 rings (SSSR count). The molecular weight excluding hydrogens is 588 g/mol. The van der Waals surface area contributed by atoms with Gasteiger partial charge in [-0.05, 0) is 51.3 Å². The Labute approximate surface area is 255 Å². The summed E-state index contributed by atoms with van der Waals surface area (Å²) in [4.78, 5) is 48.0. The summed E-state index contributed by atoms with van der Waals surface area (Å²) in [5.41, 5.74) is 2.54. The van der Waals surface area contributed by atoms with Gasteiger partial charge in [0.25, 0.3) is 11.8 Å². The van der Waals surface area contributed by atoms with E-state index in [-0.39, 0.29) is 19.3 Å². The van der Waals surface area contributed by atoms with Crippen LogP contribution >= 0.6 is 0 Å². The lowest BCUT2D eigenvalue weighted by Crippen LogP contribution is -2.46. The van der Waals surface area contributed by atoms with Gasteiger partial charge in [-0.15, -0.1) is 5.06 Å². The maximum absolute atomic E-state index is 12.5. The zero-order valence-corrected chi connectivity index (χ0v) is 25.7. The molecule has 4 heterocycles. The molecule has 0 atom stereocenters. The molecule has 2 amide bonds. The third-order valence-electron chi connectivity index (χ3n) is 8.45. The largest absolute Gasteiger partial charge is 0.748 e. The maximum Gasteiger partial charge on any atom is 0.333 e. The molecule has 13 heteroatoms. The van der Waals surface area contributed by atoms with E-state index in [0.717, 1.165) is 31.3 Å². The number of amides is 2. The first kappa shape index (κ1) is 29.9. The van der Waals surface area contributed by atoms with Crippen molar-refractivity contribution in [2.45, 2.75) is 64.8 Å². The summed E-state index contributed by atoms with van der Waals surface area (Å²) in [7, 11) is -4.60. The van der Waals surface area contributed by atoms with Gasteiger partial charge >= 0.3 is 5.97 Å². The van der Waals surface area contributed by atoms with Gasteiger partial charge in [-0.2, -0.15) is 0 Å². The zero-order valence-electron chi connectivity index (χ0n) is 24.9. The number of nitrogens with zero attached hydrogens (tertiary/aromatic N) is 4. The number of carbonyl (C=O) groups is 3. The van der Waals surface area contributed by atoms with Crippen molar-refractivity contribution in [1.29, 1.82) is 0 Å². The lowest BCUT2D eigenvalue weighted by atomic mass is 9.88. The van der Waals surface area contributed by atoms with Crippen LogP contribution in [-0.4, -0.2) is 66.7 Å². The first-order chi connectivity index (χ1) is 20.8. The molecule has 4 aliphatic heterocycles. The summed E-state index contributed by atoms with van der Waals surface area (Å²) in [6.07, 6.45) is 4.04. The Morgan fingerprint density at radius 2 is 1.86 bits per heavy atom. The summed E-state index contributed by atoms with van der Waals surface area (Å²) in [6.45, 7) is 8.10. The lowest BCUT2D eigenvalue weighted by Gasteiger charge is -2.44. The van der Waals surface area contributed by atoms with E-state index in [4.69, 9.17) is 14.6 Å². The molecule has 1 fully saturated rings. The number of carbonyl (C=O) groups excluding carboxylic acids is 3. The first-order valence-corrected chi connectivity index (χ1v) is 16.4. The number of anilines is 1. The van der Waals surface area contributed by atoms with Crippen molar-refractivity contribution in [3.05, 3.63) is 52.2 Å². The van der Waals surface area contributed by atoms with Crippen LogP contribution in [0.5, 0.6) is 11.5 Å².